The Morgan fingerprint density at radius 3 is 2.40 bits per heavy atom. The number of nitrogens with zero attached hydrogens (tertiary/aromatic N) is 1. The van der Waals surface area contributed by atoms with E-state index in [-0.39, 0.29) is 10.8 Å². The fourth-order valence-corrected chi connectivity index (χ4v) is 5.29. The Morgan fingerprint density at radius 2 is 1.73 bits per heavy atom. The van der Waals surface area contributed by atoms with Crippen LogP contribution in [0.5, 0.6) is 5.75 Å². The van der Waals surface area contributed by atoms with Crippen LogP contribution in [-0.2, 0) is 16.4 Å². The molecular weight excluding hydrogens is 400 g/mol. The van der Waals surface area contributed by atoms with E-state index < -0.39 is 10.0 Å². The minimum atomic E-state index is -3.73. The van der Waals surface area contributed by atoms with Gasteiger partial charge in [-0.25, -0.2) is 8.42 Å². The van der Waals surface area contributed by atoms with Crippen molar-refractivity contribution in [2.45, 2.75) is 43.9 Å². The summed E-state index contributed by atoms with van der Waals surface area (Å²) in [6.07, 6.45) is 4.48. The van der Waals surface area contributed by atoms with E-state index in [1.54, 1.807) is 12.1 Å². The van der Waals surface area contributed by atoms with Gasteiger partial charge in [0.15, 0.2) is 0 Å². The number of hydrogen-bond donors (Lipinski definition) is 1. The SMILES string of the molecule is CCOc1ccc(C(=O)NCCc2ccccc2)cc1S(=O)(=O)N1CCCCCC1. The molecule has 1 aliphatic heterocycles. The number of amides is 1. The van der Waals surface area contributed by atoms with Crippen molar-refractivity contribution in [1.82, 2.24) is 9.62 Å². The Labute approximate surface area is 179 Å². The van der Waals surface area contributed by atoms with Crippen LogP contribution < -0.4 is 10.1 Å². The van der Waals surface area contributed by atoms with Gasteiger partial charge in [-0.2, -0.15) is 4.31 Å². The maximum Gasteiger partial charge on any atom is 0.251 e. The molecule has 0 spiro atoms. The monoisotopic (exact) mass is 430 g/mol. The second kappa shape index (κ2) is 10.6. The van der Waals surface area contributed by atoms with Gasteiger partial charge < -0.3 is 10.1 Å². The molecule has 1 heterocycles. The maximum absolute atomic E-state index is 13.3. The third-order valence-corrected chi connectivity index (χ3v) is 7.15. The summed E-state index contributed by atoms with van der Waals surface area (Å²) >= 11 is 0. The number of rotatable bonds is 8. The van der Waals surface area contributed by atoms with Crippen LogP contribution in [0, 0.1) is 0 Å². The number of sulfonamides is 1. The lowest BCUT2D eigenvalue weighted by Crippen LogP contribution is -2.32. The molecule has 1 fully saturated rings. The van der Waals surface area contributed by atoms with E-state index in [0.29, 0.717) is 44.0 Å². The van der Waals surface area contributed by atoms with E-state index in [4.69, 9.17) is 4.74 Å². The van der Waals surface area contributed by atoms with E-state index in [1.165, 1.54) is 10.4 Å². The number of benzene rings is 2. The van der Waals surface area contributed by atoms with E-state index >= 15 is 0 Å². The van der Waals surface area contributed by atoms with E-state index in [9.17, 15) is 13.2 Å². The average Bonchev–Trinajstić information content (AvgIpc) is 3.05. The summed E-state index contributed by atoms with van der Waals surface area (Å²) in [6.45, 7) is 3.64. The highest BCUT2D eigenvalue weighted by atomic mass is 32.2. The largest absolute Gasteiger partial charge is 0.492 e. The molecule has 1 N–H and O–H groups in total. The Morgan fingerprint density at radius 1 is 1.03 bits per heavy atom. The second-order valence-corrected chi connectivity index (χ2v) is 9.31. The van der Waals surface area contributed by atoms with E-state index in [0.717, 1.165) is 31.2 Å². The lowest BCUT2D eigenvalue weighted by Gasteiger charge is -2.22. The highest BCUT2D eigenvalue weighted by Gasteiger charge is 2.29. The molecule has 0 radical (unpaired) electrons. The molecule has 0 saturated carbocycles. The molecule has 1 aliphatic rings. The molecule has 6 nitrogen and oxygen atoms in total. The van der Waals surface area contributed by atoms with Crippen molar-refractivity contribution in [2.75, 3.05) is 26.2 Å². The van der Waals surface area contributed by atoms with Gasteiger partial charge in [-0.3, -0.25) is 4.79 Å². The minimum absolute atomic E-state index is 0.0713. The normalized spacial score (nSPS) is 15.4. The fourth-order valence-electron chi connectivity index (χ4n) is 3.61. The summed E-state index contributed by atoms with van der Waals surface area (Å²) in [4.78, 5) is 12.7. The van der Waals surface area contributed by atoms with Gasteiger partial charge in [0.05, 0.1) is 6.61 Å². The zero-order valence-electron chi connectivity index (χ0n) is 17.5. The van der Waals surface area contributed by atoms with Gasteiger partial charge in [-0.1, -0.05) is 43.2 Å². The Balaban J connectivity index is 1.78. The van der Waals surface area contributed by atoms with Crippen LogP contribution >= 0.6 is 0 Å². The van der Waals surface area contributed by atoms with E-state index in [1.807, 2.05) is 37.3 Å². The van der Waals surface area contributed by atoms with Crippen molar-refractivity contribution in [3.05, 3.63) is 59.7 Å². The summed E-state index contributed by atoms with van der Waals surface area (Å²) in [5, 5.41) is 2.88. The topological polar surface area (TPSA) is 75.7 Å². The lowest BCUT2D eigenvalue weighted by atomic mass is 10.1. The first kappa shape index (κ1) is 22.3. The van der Waals surface area contributed by atoms with Gasteiger partial charge in [-0.15, -0.1) is 0 Å². The Bertz CT molecular complexity index is 937. The molecule has 0 aromatic heterocycles. The zero-order valence-corrected chi connectivity index (χ0v) is 18.3. The van der Waals surface area contributed by atoms with Gasteiger partial charge in [0.2, 0.25) is 10.0 Å². The van der Waals surface area contributed by atoms with Gasteiger partial charge in [-0.05, 0) is 49.9 Å². The molecular formula is C23H30N2O4S. The van der Waals surface area contributed by atoms with Gasteiger partial charge in [0.1, 0.15) is 10.6 Å². The van der Waals surface area contributed by atoms with Gasteiger partial charge >= 0.3 is 0 Å². The van der Waals surface area contributed by atoms with Crippen LogP contribution in [0.1, 0.15) is 48.5 Å². The van der Waals surface area contributed by atoms with Crippen molar-refractivity contribution in [3.63, 3.8) is 0 Å². The third kappa shape index (κ3) is 5.61. The van der Waals surface area contributed by atoms with Gasteiger partial charge in [0, 0.05) is 25.2 Å². The highest BCUT2D eigenvalue weighted by molar-refractivity contribution is 7.89. The van der Waals surface area contributed by atoms with Crippen molar-refractivity contribution < 1.29 is 17.9 Å². The minimum Gasteiger partial charge on any atom is -0.492 e. The van der Waals surface area contributed by atoms with Crippen molar-refractivity contribution in [2.24, 2.45) is 0 Å². The first-order valence-corrected chi connectivity index (χ1v) is 12.1. The molecule has 30 heavy (non-hydrogen) atoms. The van der Waals surface area contributed by atoms with E-state index in [2.05, 4.69) is 5.32 Å². The molecule has 2 aromatic rings. The fraction of sp³-hybridized carbons (Fsp3) is 0.435. The van der Waals surface area contributed by atoms with Crippen molar-refractivity contribution in [1.29, 1.82) is 0 Å². The molecule has 1 saturated heterocycles. The molecule has 3 rings (SSSR count). The number of ether oxygens (including phenoxy) is 1. The van der Waals surface area contributed by atoms with Crippen molar-refractivity contribution in [3.8, 4) is 5.75 Å². The summed E-state index contributed by atoms with van der Waals surface area (Å²) in [6, 6.07) is 14.5. The smallest absolute Gasteiger partial charge is 0.251 e. The van der Waals surface area contributed by atoms with Crippen LogP contribution in [0.25, 0.3) is 0 Å². The number of carbonyl (C=O) groups excluding carboxylic acids is 1. The third-order valence-electron chi connectivity index (χ3n) is 5.23. The predicted molar refractivity (Wildman–Crippen MR) is 117 cm³/mol. The second-order valence-electron chi connectivity index (χ2n) is 7.40. The van der Waals surface area contributed by atoms with Gasteiger partial charge in [0.25, 0.3) is 5.91 Å². The first-order chi connectivity index (χ1) is 14.5. The molecule has 1 amide bonds. The summed E-state index contributed by atoms with van der Waals surface area (Å²) in [5.41, 5.74) is 1.45. The summed E-state index contributed by atoms with van der Waals surface area (Å²) < 4.78 is 33.8. The van der Waals surface area contributed by atoms with Crippen LogP contribution in [-0.4, -0.2) is 44.9 Å². The number of nitrogens with one attached hydrogen (secondary N) is 1. The predicted octanol–water partition coefficient (Wildman–Crippen LogP) is 3.62. The average molecular weight is 431 g/mol. The maximum atomic E-state index is 13.3. The summed E-state index contributed by atoms with van der Waals surface area (Å²) in [7, 11) is -3.73. The quantitative estimate of drug-likeness (QED) is 0.694. The molecule has 2 aromatic carbocycles. The Hall–Kier alpha value is -2.38. The Kier molecular flexibility index (Phi) is 7.87. The summed E-state index contributed by atoms with van der Waals surface area (Å²) in [5.74, 6) is 0.00359. The van der Waals surface area contributed by atoms with Crippen molar-refractivity contribution >= 4 is 15.9 Å². The first-order valence-electron chi connectivity index (χ1n) is 10.6. The van der Waals surface area contributed by atoms with Crippen LogP contribution in [0.2, 0.25) is 0 Å². The molecule has 0 bridgehead atoms. The standard InChI is InChI=1S/C23H30N2O4S/c1-2-29-21-13-12-20(23(26)24-15-14-19-10-6-5-7-11-19)18-22(21)30(27,28)25-16-8-3-4-9-17-25/h5-7,10-13,18H,2-4,8-9,14-17H2,1H3,(H,24,26). The molecule has 7 heteroatoms. The zero-order chi connectivity index (χ0) is 21.4. The molecule has 0 aliphatic carbocycles. The van der Waals surface area contributed by atoms with Crippen LogP contribution in [0.15, 0.2) is 53.4 Å². The highest BCUT2D eigenvalue weighted by Crippen LogP contribution is 2.29. The molecule has 162 valence electrons. The number of carbonyl (C=O) groups is 1. The van der Waals surface area contributed by atoms with Crippen LogP contribution in [0.3, 0.4) is 0 Å². The number of hydrogen-bond acceptors (Lipinski definition) is 4. The lowest BCUT2D eigenvalue weighted by molar-refractivity contribution is 0.0954. The van der Waals surface area contributed by atoms with Crippen LogP contribution in [0.4, 0.5) is 0 Å². The molecule has 0 unspecified atom stereocenters. The molecule has 0 atom stereocenters.